The minimum atomic E-state index is -0.158. The highest BCUT2D eigenvalue weighted by Gasteiger charge is 2.13. The minimum Gasteiger partial charge on any atom is -0.461 e. The third kappa shape index (κ3) is 1.53. The van der Waals surface area contributed by atoms with Crippen LogP contribution in [0.15, 0.2) is 28.2 Å². The lowest BCUT2D eigenvalue weighted by Gasteiger charge is -1.89. The molecule has 0 bridgehead atoms. The molecule has 0 aliphatic rings. The van der Waals surface area contributed by atoms with Gasteiger partial charge >= 0.3 is 0 Å². The average Bonchev–Trinajstić information content (AvgIpc) is 2.72. The van der Waals surface area contributed by atoms with Crippen LogP contribution in [0.5, 0.6) is 0 Å². The molecule has 3 nitrogen and oxygen atoms in total. The highest BCUT2D eigenvalue weighted by molar-refractivity contribution is 7.09. The van der Waals surface area contributed by atoms with Crippen LogP contribution in [-0.2, 0) is 0 Å². The van der Waals surface area contributed by atoms with Gasteiger partial charge in [-0.3, -0.25) is 4.79 Å². The predicted molar refractivity (Wildman–Crippen MR) is 49.0 cm³/mol. The number of hydrogen-bond donors (Lipinski definition) is 0. The largest absolute Gasteiger partial charge is 0.461 e. The molecule has 0 fully saturated rings. The molecule has 0 aliphatic heterocycles. The van der Waals surface area contributed by atoms with E-state index in [2.05, 4.69) is 4.98 Å². The molecule has 0 amide bonds. The third-order valence-corrected chi connectivity index (χ3v) is 2.37. The van der Waals surface area contributed by atoms with Crippen molar-refractivity contribution < 1.29 is 9.21 Å². The maximum Gasteiger partial charge on any atom is 0.247 e. The fourth-order valence-electron chi connectivity index (χ4n) is 1.00. The standard InChI is InChI=1S/C9H7NO2S/c1-6-10-7(5-13-6)9(11)8-3-2-4-12-8/h2-5H,1H3. The quantitative estimate of drug-likeness (QED) is 0.687. The zero-order valence-electron chi connectivity index (χ0n) is 6.98. The highest BCUT2D eigenvalue weighted by atomic mass is 32.1. The van der Waals surface area contributed by atoms with Gasteiger partial charge in [0.2, 0.25) is 5.78 Å². The molecule has 0 radical (unpaired) electrons. The summed E-state index contributed by atoms with van der Waals surface area (Å²) in [6.45, 7) is 1.86. The summed E-state index contributed by atoms with van der Waals surface area (Å²) in [5.41, 5.74) is 0.456. The van der Waals surface area contributed by atoms with Crippen LogP contribution in [0.25, 0.3) is 0 Å². The number of aromatic nitrogens is 1. The van der Waals surface area contributed by atoms with Crippen molar-refractivity contribution >= 4 is 17.1 Å². The molecular formula is C9H7NO2S. The number of carbonyl (C=O) groups excluding carboxylic acids is 1. The van der Waals surface area contributed by atoms with Crippen molar-refractivity contribution in [2.45, 2.75) is 6.92 Å². The number of rotatable bonds is 2. The molecule has 2 aromatic rings. The van der Waals surface area contributed by atoms with Gasteiger partial charge in [-0.15, -0.1) is 11.3 Å². The second kappa shape index (κ2) is 3.14. The molecule has 0 unspecified atom stereocenters. The van der Waals surface area contributed by atoms with Gasteiger partial charge in [-0.05, 0) is 19.1 Å². The van der Waals surface area contributed by atoms with Gasteiger partial charge in [-0.1, -0.05) is 0 Å². The van der Waals surface area contributed by atoms with Crippen LogP contribution < -0.4 is 0 Å². The van der Waals surface area contributed by atoms with Gasteiger partial charge in [0.25, 0.3) is 0 Å². The summed E-state index contributed by atoms with van der Waals surface area (Å²) in [6.07, 6.45) is 1.48. The van der Waals surface area contributed by atoms with Crippen molar-refractivity contribution in [3.63, 3.8) is 0 Å². The van der Waals surface area contributed by atoms with E-state index in [-0.39, 0.29) is 5.78 Å². The number of ketones is 1. The molecule has 0 saturated carbocycles. The van der Waals surface area contributed by atoms with E-state index in [1.165, 1.54) is 17.6 Å². The molecule has 0 aliphatic carbocycles. The highest BCUT2D eigenvalue weighted by Crippen LogP contribution is 2.13. The zero-order valence-corrected chi connectivity index (χ0v) is 7.80. The smallest absolute Gasteiger partial charge is 0.247 e. The SMILES string of the molecule is Cc1nc(C(=O)c2ccco2)cs1. The molecule has 0 spiro atoms. The number of nitrogens with zero attached hydrogens (tertiary/aromatic N) is 1. The average molecular weight is 193 g/mol. The Morgan fingerprint density at radius 3 is 3.00 bits per heavy atom. The first kappa shape index (κ1) is 8.19. The molecule has 13 heavy (non-hydrogen) atoms. The normalized spacial score (nSPS) is 10.2. The first-order valence-electron chi connectivity index (χ1n) is 3.78. The maximum atomic E-state index is 11.6. The Hall–Kier alpha value is -1.42. The number of carbonyl (C=O) groups is 1. The summed E-state index contributed by atoms with van der Waals surface area (Å²) in [5.74, 6) is 0.180. The van der Waals surface area contributed by atoms with Crippen molar-refractivity contribution in [2.75, 3.05) is 0 Å². The van der Waals surface area contributed by atoms with E-state index in [4.69, 9.17) is 4.42 Å². The molecular weight excluding hydrogens is 186 g/mol. The topological polar surface area (TPSA) is 43.1 Å². The van der Waals surface area contributed by atoms with Crippen LogP contribution in [0.4, 0.5) is 0 Å². The lowest BCUT2D eigenvalue weighted by atomic mass is 10.2. The Kier molecular flexibility index (Phi) is 1.98. The van der Waals surface area contributed by atoms with Crippen LogP contribution in [0.3, 0.4) is 0 Å². The van der Waals surface area contributed by atoms with Gasteiger partial charge in [0.15, 0.2) is 5.76 Å². The van der Waals surface area contributed by atoms with Gasteiger partial charge in [-0.2, -0.15) is 0 Å². The van der Waals surface area contributed by atoms with E-state index < -0.39 is 0 Å². The summed E-state index contributed by atoms with van der Waals surface area (Å²) in [6, 6.07) is 3.32. The monoisotopic (exact) mass is 193 g/mol. The van der Waals surface area contributed by atoms with Crippen LogP contribution in [0, 0.1) is 6.92 Å². The summed E-state index contributed by atoms with van der Waals surface area (Å²) < 4.78 is 4.97. The van der Waals surface area contributed by atoms with Crippen molar-refractivity contribution in [1.82, 2.24) is 4.98 Å². The van der Waals surface area contributed by atoms with Crippen LogP contribution in [-0.4, -0.2) is 10.8 Å². The molecule has 0 N–H and O–H groups in total. The van der Waals surface area contributed by atoms with Gasteiger partial charge in [-0.25, -0.2) is 4.98 Å². The molecule has 0 saturated heterocycles. The number of aryl methyl sites for hydroxylation is 1. The van der Waals surface area contributed by atoms with E-state index in [0.717, 1.165) is 5.01 Å². The van der Waals surface area contributed by atoms with Crippen LogP contribution in [0.2, 0.25) is 0 Å². The van der Waals surface area contributed by atoms with Crippen molar-refractivity contribution in [3.05, 3.63) is 40.2 Å². The lowest BCUT2D eigenvalue weighted by Crippen LogP contribution is -1.99. The first-order chi connectivity index (χ1) is 6.27. The summed E-state index contributed by atoms with van der Waals surface area (Å²) >= 11 is 1.46. The first-order valence-corrected chi connectivity index (χ1v) is 4.65. The van der Waals surface area contributed by atoms with Crippen molar-refractivity contribution in [2.24, 2.45) is 0 Å². The molecule has 2 aromatic heterocycles. The predicted octanol–water partition coefficient (Wildman–Crippen LogP) is 2.28. The second-order valence-corrected chi connectivity index (χ2v) is 3.62. The van der Waals surface area contributed by atoms with E-state index in [0.29, 0.717) is 11.5 Å². The summed E-state index contributed by atoms with van der Waals surface area (Å²) in [7, 11) is 0. The van der Waals surface area contributed by atoms with E-state index in [1.807, 2.05) is 6.92 Å². The van der Waals surface area contributed by atoms with E-state index >= 15 is 0 Å². The zero-order chi connectivity index (χ0) is 9.26. The Morgan fingerprint density at radius 1 is 1.62 bits per heavy atom. The number of furan rings is 1. The van der Waals surface area contributed by atoms with E-state index in [1.54, 1.807) is 17.5 Å². The molecule has 0 atom stereocenters. The third-order valence-electron chi connectivity index (χ3n) is 1.60. The maximum absolute atomic E-state index is 11.6. The van der Waals surface area contributed by atoms with Crippen LogP contribution in [0.1, 0.15) is 21.3 Å². The van der Waals surface area contributed by atoms with E-state index in [9.17, 15) is 4.79 Å². The summed E-state index contributed by atoms with van der Waals surface area (Å²) in [5, 5.41) is 2.62. The Balaban J connectivity index is 2.33. The van der Waals surface area contributed by atoms with Crippen molar-refractivity contribution in [1.29, 1.82) is 0 Å². The Bertz CT molecular complexity index is 417. The molecule has 0 aromatic carbocycles. The van der Waals surface area contributed by atoms with Gasteiger partial charge in [0.05, 0.1) is 11.3 Å². The van der Waals surface area contributed by atoms with Gasteiger partial charge < -0.3 is 4.42 Å². The molecule has 4 heteroatoms. The van der Waals surface area contributed by atoms with Gasteiger partial charge in [0.1, 0.15) is 5.69 Å². The fourth-order valence-corrected chi connectivity index (χ4v) is 1.59. The molecule has 66 valence electrons. The molecule has 2 heterocycles. The van der Waals surface area contributed by atoms with Crippen LogP contribution >= 0.6 is 11.3 Å². The second-order valence-electron chi connectivity index (χ2n) is 2.56. The summed E-state index contributed by atoms with van der Waals surface area (Å²) in [4.78, 5) is 15.6. The number of thiazole rings is 1. The number of hydrogen-bond acceptors (Lipinski definition) is 4. The molecule has 2 rings (SSSR count). The lowest BCUT2D eigenvalue weighted by molar-refractivity contribution is 0.100. The Morgan fingerprint density at radius 2 is 2.46 bits per heavy atom. The van der Waals surface area contributed by atoms with Crippen molar-refractivity contribution in [3.8, 4) is 0 Å². The minimum absolute atomic E-state index is 0.158. The fraction of sp³-hybridized carbons (Fsp3) is 0.111. The Labute approximate surface area is 79.0 Å². The van der Waals surface area contributed by atoms with Gasteiger partial charge in [0, 0.05) is 5.38 Å².